The lowest BCUT2D eigenvalue weighted by Gasteiger charge is -2.21. The first-order valence-electron chi connectivity index (χ1n) is 6.58. The minimum absolute atomic E-state index is 0.0844. The summed E-state index contributed by atoms with van der Waals surface area (Å²) in [5, 5.41) is 0. The van der Waals surface area contributed by atoms with Crippen LogP contribution in [0.5, 0.6) is 0 Å². The fraction of sp³-hybridized carbons (Fsp3) is 0.462. The second kappa shape index (κ2) is 5.09. The van der Waals surface area contributed by atoms with Crippen LogP contribution in [0.25, 0.3) is 11.2 Å². The SMILES string of the molecule is CC1COCCN(C(=O)c2cnc3[nH]c(=O)[nH]c3c2)C1. The number of carbonyl (C=O) groups is 1. The minimum atomic E-state index is -0.325. The third-order valence-corrected chi connectivity index (χ3v) is 3.34. The molecule has 0 aromatic carbocycles. The molecule has 106 valence electrons. The van der Waals surface area contributed by atoms with Gasteiger partial charge in [-0.05, 0) is 12.0 Å². The largest absolute Gasteiger partial charge is 0.379 e. The molecule has 1 amide bonds. The number of aromatic amines is 2. The molecule has 1 atom stereocenters. The van der Waals surface area contributed by atoms with Crippen LogP contribution in [0.15, 0.2) is 17.1 Å². The molecular formula is C13H16N4O3. The number of rotatable bonds is 1. The fourth-order valence-corrected chi connectivity index (χ4v) is 2.38. The highest BCUT2D eigenvalue weighted by Crippen LogP contribution is 2.13. The summed E-state index contributed by atoms with van der Waals surface area (Å²) in [6.07, 6.45) is 1.49. The fourth-order valence-electron chi connectivity index (χ4n) is 2.38. The van der Waals surface area contributed by atoms with Gasteiger partial charge in [0.1, 0.15) is 0 Å². The van der Waals surface area contributed by atoms with E-state index in [0.29, 0.717) is 48.9 Å². The van der Waals surface area contributed by atoms with Crippen LogP contribution in [0.2, 0.25) is 0 Å². The first-order valence-corrected chi connectivity index (χ1v) is 6.58. The van der Waals surface area contributed by atoms with Gasteiger partial charge in [-0.25, -0.2) is 9.78 Å². The number of fused-ring (bicyclic) bond motifs is 1. The first-order chi connectivity index (χ1) is 9.63. The summed E-state index contributed by atoms with van der Waals surface area (Å²) in [5.74, 6) is 0.226. The molecule has 0 aliphatic carbocycles. The Bertz CT molecular complexity index is 690. The molecule has 1 saturated heterocycles. The van der Waals surface area contributed by atoms with Crippen LogP contribution in [0, 0.1) is 5.92 Å². The van der Waals surface area contributed by atoms with Crippen molar-refractivity contribution >= 4 is 17.1 Å². The van der Waals surface area contributed by atoms with E-state index in [1.54, 1.807) is 11.0 Å². The van der Waals surface area contributed by atoms with Gasteiger partial charge in [0.15, 0.2) is 5.65 Å². The Morgan fingerprint density at radius 1 is 1.50 bits per heavy atom. The number of imidazole rings is 1. The van der Waals surface area contributed by atoms with E-state index < -0.39 is 0 Å². The Balaban J connectivity index is 1.88. The lowest BCUT2D eigenvalue weighted by atomic mass is 10.1. The van der Waals surface area contributed by atoms with Crippen LogP contribution in [-0.2, 0) is 4.74 Å². The van der Waals surface area contributed by atoms with Gasteiger partial charge in [-0.1, -0.05) is 6.92 Å². The molecule has 0 radical (unpaired) electrons. The Morgan fingerprint density at radius 2 is 2.35 bits per heavy atom. The van der Waals surface area contributed by atoms with E-state index in [9.17, 15) is 9.59 Å². The Hall–Kier alpha value is -2.15. The molecule has 20 heavy (non-hydrogen) atoms. The summed E-state index contributed by atoms with van der Waals surface area (Å²) in [5.41, 5.74) is 1.15. The van der Waals surface area contributed by atoms with E-state index in [1.165, 1.54) is 6.20 Å². The monoisotopic (exact) mass is 276 g/mol. The summed E-state index contributed by atoms with van der Waals surface area (Å²) in [6.45, 7) is 4.51. The second-order valence-corrected chi connectivity index (χ2v) is 5.13. The summed E-state index contributed by atoms with van der Waals surface area (Å²) >= 11 is 0. The maximum atomic E-state index is 12.5. The lowest BCUT2D eigenvalue weighted by Crippen LogP contribution is -2.35. The third kappa shape index (κ3) is 2.44. The molecular weight excluding hydrogens is 260 g/mol. The van der Waals surface area contributed by atoms with Gasteiger partial charge in [-0.2, -0.15) is 0 Å². The van der Waals surface area contributed by atoms with Gasteiger partial charge in [0, 0.05) is 19.3 Å². The minimum Gasteiger partial charge on any atom is -0.379 e. The van der Waals surface area contributed by atoms with E-state index in [0.717, 1.165) is 0 Å². The number of carbonyl (C=O) groups excluding carboxylic acids is 1. The van der Waals surface area contributed by atoms with Crippen molar-refractivity contribution in [3.05, 3.63) is 28.3 Å². The zero-order chi connectivity index (χ0) is 14.1. The van der Waals surface area contributed by atoms with Gasteiger partial charge in [0.2, 0.25) is 0 Å². The number of pyridine rings is 1. The Labute approximate surface area is 115 Å². The van der Waals surface area contributed by atoms with Crippen molar-refractivity contribution in [2.75, 3.05) is 26.3 Å². The first kappa shape index (κ1) is 12.9. The van der Waals surface area contributed by atoms with E-state index in [2.05, 4.69) is 21.9 Å². The molecule has 7 heteroatoms. The number of nitrogens with zero attached hydrogens (tertiary/aromatic N) is 2. The molecule has 1 aliphatic rings. The number of amides is 1. The van der Waals surface area contributed by atoms with Crippen LogP contribution in [0.1, 0.15) is 17.3 Å². The number of H-pyrrole nitrogens is 2. The zero-order valence-corrected chi connectivity index (χ0v) is 11.2. The third-order valence-electron chi connectivity index (χ3n) is 3.34. The molecule has 2 N–H and O–H groups in total. The highest BCUT2D eigenvalue weighted by atomic mass is 16.5. The van der Waals surface area contributed by atoms with E-state index in [4.69, 9.17) is 4.74 Å². The Morgan fingerprint density at radius 3 is 3.20 bits per heavy atom. The van der Waals surface area contributed by atoms with Gasteiger partial charge >= 0.3 is 5.69 Å². The number of hydrogen-bond donors (Lipinski definition) is 2. The van der Waals surface area contributed by atoms with Crippen LogP contribution in [0.4, 0.5) is 0 Å². The lowest BCUT2D eigenvalue weighted by molar-refractivity contribution is 0.0738. The van der Waals surface area contributed by atoms with Crippen LogP contribution < -0.4 is 5.69 Å². The van der Waals surface area contributed by atoms with Gasteiger partial charge in [0.05, 0.1) is 24.3 Å². The number of aromatic nitrogens is 3. The molecule has 0 saturated carbocycles. The van der Waals surface area contributed by atoms with Crippen molar-refractivity contribution in [3.8, 4) is 0 Å². The predicted molar refractivity (Wildman–Crippen MR) is 72.6 cm³/mol. The van der Waals surface area contributed by atoms with E-state index in [-0.39, 0.29) is 11.6 Å². The highest BCUT2D eigenvalue weighted by molar-refractivity contribution is 5.96. The second-order valence-electron chi connectivity index (χ2n) is 5.13. The van der Waals surface area contributed by atoms with Crippen molar-refractivity contribution in [1.29, 1.82) is 0 Å². The standard InChI is InChI=1S/C13H16N4O3/c1-8-6-17(2-3-20-7-8)12(18)9-4-10-11(14-5-9)16-13(19)15-10/h4-5,8H,2-3,6-7H2,1H3,(H2,14,15,16,19). The summed E-state index contributed by atoms with van der Waals surface area (Å²) in [7, 11) is 0. The molecule has 1 aliphatic heterocycles. The maximum Gasteiger partial charge on any atom is 0.325 e. The van der Waals surface area contributed by atoms with Crippen LogP contribution >= 0.6 is 0 Å². The molecule has 0 bridgehead atoms. The molecule has 2 aromatic heterocycles. The van der Waals surface area contributed by atoms with Crippen molar-refractivity contribution in [3.63, 3.8) is 0 Å². The van der Waals surface area contributed by atoms with E-state index in [1.807, 2.05) is 0 Å². The van der Waals surface area contributed by atoms with Gasteiger partial charge in [0.25, 0.3) is 5.91 Å². The normalized spacial score (nSPS) is 20.1. The average Bonchev–Trinajstić information content (AvgIpc) is 2.65. The maximum absolute atomic E-state index is 12.5. The molecule has 1 fully saturated rings. The average molecular weight is 276 g/mol. The van der Waals surface area contributed by atoms with E-state index >= 15 is 0 Å². The van der Waals surface area contributed by atoms with Gasteiger partial charge in [-0.15, -0.1) is 0 Å². The van der Waals surface area contributed by atoms with Crippen LogP contribution in [-0.4, -0.2) is 52.1 Å². The number of ether oxygens (including phenoxy) is 1. The molecule has 3 rings (SSSR count). The van der Waals surface area contributed by atoms with Crippen molar-refractivity contribution in [2.45, 2.75) is 6.92 Å². The van der Waals surface area contributed by atoms with Crippen molar-refractivity contribution in [1.82, 2.24) is 19.9 Å². The van der Waals surface area contributed by atoms with Crippen molar-refractivity contribution < 1.29 is 9.53 Å². The Kier molecular flexibility index (Phi) is 3.27. The molecule has 7 nitrogen and oxygen atoms in total. The van der Waals surface area contributed by atoms with Gasteiger partial charge < -0.3 is 14.6 Å². The number of hydrogen-bond acceptors (Lipinski definition) is 4. The zero-order valence-electron chi connectivity index (χ0n) is 11.2. The van der Waals surface area contributed by atoms with Crippen LogP contribution in [0.3, 0.4) is 0 Å². The molecule has 1 unspecified atom stereocenters. The molecule has 2 aromatic rings. The number of nitrogens with one attached hydrogen (secondary N) is 2. The predicted octanol–water partition coefficient (Wildman–Crippen LogP) is 0.360. The molecule has 0 spiro atoms. The highest BCUT2D eigenvalue weighted by Gasteiger charge is 2.21. The summed E-state index contributed by atoms with van der Waals surface area (Å²) in [4.78, 5) is 34.7. The topological polar surface area (TPSA) is 91.1 Å². The molecule has 3 heterocycles. The quantitative estimate of drug-likeness (QED) is 0.786. The van der Waals surface area contributed by atoms with Gasteiger partial charge in [-0.3, -0.25) is 9.78 Å². The smallest absolute Gasteiger partial charge is 0.325 e. The summed E-state index contributed by atoms with van der Waals surface area (Å²) < 4.78 is 5.43. The van der Waals surface area contributed by atoms with Crippen molar-refractivity contribution in [2.24, 2.45) is 5.92 Å². The summed E-state index contributed by atoms with van der Waals surface area (Å²) in [6, 6.07) is 1.65.